The molecule has 0 bridgehead atoms. The smallest absolute Gasteiger partial charge is 0.291 e. The highest BCUT2D eigenvalue weighted by Gasteiger charge is 2.23. The Bertz CT molecular complexity index is 1090. The summed E-state index contributed by atoms with van der Waals surface area (Å²) < 4.78 is 7.23. The van der Waals surface area contributed by atoms with Crippen molar-refractivity contribution in [1.82, 2.24) is 9.78 Å². The number of hydrogen-bond acceptors (Lipinski definition) is 3. The van der Waals surface area contributed by atoms with Crippen molar-refractivity contribution in [3.05, 3.63) is 72.7 Å². The van der Waals surface area contributed by atoms with Crippen molar-refractivity contribution in [2.75, 3.05) is 5.32 Å². The highest BCUT2D eigenvalue weighted by atomic mass is 16.3. The van der Waals surface area contributed by atoms with E-state index in [1.54, 1.807) is 12.1 Å². The van der Waals surface area contributed by atoms with Gasteiger partial charge < -0.3 is 9.73 Å². The summed E-state index contributed by atoms with van der Waals surface area (Å²) in [5.74, 6) is -0.00787. The summed E-state index contributed by atoms with van der Waals surface area (Å²) in [6.45, 7) is 6.34. The predicted molar refractivity (Wildman–Crippen MR) is 107 cm³/mol. The molecule has 0 atom stereocenters. The molecule has 4 rings (SSSR count). The first-order valence-corrected chi connectivity index (χ1v) is 8.87. The number of nitrogens with one attached hydrogen (secondary N) is 1. The van der Waals surface area contributed by atoms with E-state index in [2.05, 4.69) is 26.1 Å². The maximum atomic E-state index is 12.5. The van der Waals surface area contributed by atoms with E-state index in [1.807, 2.05) is 53.2 Å². The molecule has 0 radical (unpaired) electrons. The zero-order valence-electron chi connectivity index (χ0n) is 15.6. The van der Waals surface area contributed by atoms with Crippen molar-refractivity contribution < 1.29 is 9.21 Å². The third-order valence-electron chi connectivity index (χ3n) is 4.38. The highest BCUT2D eigenvalue weighted by molar-refractivity contribution is 6.10. The number of aromatic nitrogens is 2. The molecule has 27 heavy (non-hydrogen) atoms. The van der Waals surface area contributed by atoms with Gasteiger partial charge in [-0.2, -0.15) is 5.10 Å². The molecule has 1 N–H and O–H groups in total. The number of hydrogen-bond donors (Lipinski definition) is 1. The van der Waals surface area contributed by atoms with E-state index >= 15 is 0 Å². The second-order valence-electron chi connectivity index (χ2n) is 7.43. The maximum absolute atomic E-state index is 12.5. The molecule has 5 nitrogen and oxygen atoms in total. The van der Waals surface area contributed by atoms with Gasteiger partial charge >= 0.3 is 0 Å². The van der Waals surface area contributed by atoms with Crippen LogP contribution in [0.15, 0.2) is 71.3 Å². The second-order valence-corrected chi connectivity index (χ2v) is 7.43. The number of rotatable bonds is 3. The molecule has 0 aliphatic carbocycles. The van der Waals surface area contributed by atoms with E-state index in [9.17, 15) is 4.79 Å². The summed E-state index contributed by atoms with van der Waals surface area (Å²) in [7, 11) is 0. The molecule has 0 saturated heterocycles. The minimum absolute atomic E-state index is 0.199. The Labute approximate surface area is 157 Å². The van der Waals surface area contributed by atoms with Crippen LogP contribution in [0.3, 0.4) is 0 Å². The predicted octanol–water partition coefficient (Wildman–Crippen LogP) is 5.30. The Hall–Kier alpha value is -3.34. The van der Waals surface area contributed by atoms with Gasteiger partial charge in [-0.1, -0.05) is 36.4 Å². The van der Waals surface area contributed by atoms with Crippen molar-refractivity contribution in [3.8, 4) is 11.3 Å². The molecule has 4 aromatic rings. The molecule has 2 aromatic heterocycles. The van der Waals surface area contributed by atoms with Crippen LogP contribution in [0.1, 0.15) is 31.3 Å². The molecule has 5 heteroatoms. The largest absolute Gasteiger partial charge is 0.459 e. The van der Waals surface area contributed by atoms with E-state index in [1.165, 1.54) is 6.26 Å². The molecule has 136 valence electrons. The first-order valence-electron chi connectivity index (χ1n) is 8.87. The van der Waals surface area contributed by atoms with Crippen LogP contribution in [0.5, 0.6) is 0 Å². The summed E-state index contributed by atoms with van der Waals surface area (Å²) in [5, 5.41) is 8.79. The standard InChI is InChI=1S/C22H21N3O2/c1-22(2,3)25-17-12-7-11-16(23-21(26)18-13-8-14-27-18)19(17)20(24-25)15-9-5-4-6-10-15/h4-14H,1-3H3,(H,23,26). The van der Waals surface area contributed by atoms with E-state index in [0.29, 0.717) is 5.69 Å². The molecule has 0 spiro atoms. The van der Waals surface area contributed by atoms with Gasteiger partial charge in [-0.3, -0.25) is 9.48 Å². The number of anilines is 1. The van der Waals surface area contributed by atoms with Crippen LogP contribution in [0.4, 0.5) is 5.69 Å². The molecular weight excluding hydrogens is 338 g/mol. The van der Waals surface area contributed by atoms with Crippen molar-refractivity contribution in [2.45, 2.75) is 26.3 Å². The number of carbonyl (C=O) groups is 1. The number of benzene rings is 2. The SMILES string of the molecule is CC(C)(C)n1nc(-c2ccccc2)c2c(NC(=O)c3ccco3)cccc21. The number of fused-ring (bicyclic) bond motifs is 1. The Balaban J connectivity index is 1.92. The van der Waals surface area contributed by atoms with Crippen LogP contribution in [-0.4, -0.2) is 15.7 Å². The van der Waals surface area contributed by atoms with Gasteiger partial charge in [0.25, 0.3) is 5.91 Å². The van der Waals surface area contributed by atoms with Crippen LogP contribution >= 0.6 is 0 Å². The molecule has 2 heterocycles. The third kappa shape index (κ3) is 3.12. The molecule has 2 aromatic carbocycles. The third-order valence-corrected chi connectivity index (χ3v) is 4.38. The lowest BCUT2D eigenvalue weighted by Crippen LogP contribution is -2.23. The first-order chi connectivity index (χ1) is 12.9. The van der Waals surface area contributed by atoms with Crippen molar-refractivity contribution in [3.63, 3.8) is 0 Å². The van der Waals surface area contributed by atoms with Crippen LogP contribution in [0.25, 0.3) is 22.2 Å². The lowest BCUT2D eigenvalue weighted by atomic mass is 10.1. The van der Waals surface area contributed by atoms with Crippen molar-refractivity contribution in [1.29, 1.82) is 0 Å². The summed E-state index contributed by atoms with van der Waals surface area (Å²) in [5.41, 5.74) is 3.33. The van der Waals surface area contributed by atoms with Gasteiger partial charge in [0.15, 0.2) is 5.76 Å². The van der Waals surface area contributed by atoms with Gasteiger partial charge in [-0.15, -0.1) is 0 Å². The Morgan fingerprint density at radius 1 is 1.00 bits per heavy atom. The van der Waals surface area contributed by atoms with Gasteiger partial charge in [-0.25, -0.2) is 0 Å². The summed E-state index contributed by atoms with van der Waals surface area (Å²) in [4.78, 5) is 12.5. The first kappa shape index (κ1) is 17.1. The molecule has 0 unspecified atom stereocenters. The molecule has 0 aliphatic heterocycles. The Morgan fingerprint density at radius 3 is 2.44 bits per heavy atom. The zero-order chi connectivity index (χ0) is 19.0. The lowest BCUT2D eigenvalue weighted by molar-refractivity contribution is 0.0997. The molecule has 0 saturated carbocycles. The maximum Gasteiger partial charge on any atom is 0.291 e. The van der Waals surface area contributed by atoms with Crippen LogP contribution in [0, 0.1) is 0 Å². The van der Waals surface area contributed by atoms with Gasteiger partial charge in [0.1, 0.15) is 5.69 Å². The average Bonchev–Trinajstić information content (AvgIpc) is 3.30. The molecular formula is C22H21N3O2. The number of furan rings is 1. The van der Waals surface area contributed by atoms with E-state index in [-0.39, 0.29) is 17.2 Å². The molecule has 1 amide bonds. The summed E-state index contributed by atoms with van der Waals surface area (Å²) in [6.07, 6.45) is 1.49. The summed E-state index contributed by atoms with van der Waals surface area (Å²) >= 11 is 0. The molecule has 0 fully saturated rings. The van der Waals surface area contributed by atoms with E-state index < -0.39 is 0 Å². The minimum Gasteiger partial charge on any atom is -0.459 e. The monoisotopic (exact) mass is 359 g/mol. The van der Waals surface area contributed by atoms with Crippen LogP contribution in [0.2, 0.25) is 0 Å². The summed E-state index contributed by atoms with van der Waals surface area (Å²) in [6, 6.07) is 19.2. The normalized spacial score (nSPS) is 11.7. The Kier molecular flexibility index (Phi) is 4.07. The zero-order valence-corrected chi connectivity index (χ0v) is 15.6. The van der Waals surface area contributed by atoms with Crippen molar-refractivity contribution >= 4 is 22.5 Å². The fourth-order valence-electron chi connectivity index (χ4n) is 3.17. The fraction of sp³-hybridized carbons (Fsp3) is 0.182. The van der Waals surface area contributed by atoms with Gasteiger partial charge in [0.2, 0.25) is 0 Å². The molecule has 0 aliphatic rings. The number of carbonyl (C=O) groups excluding carboxylic acids is 1. The van der Waals surface area contributed by atoms with Gasteiger partial charge in [0, 0.05) is 5.56 Å². The van der Waals surface area contributed by atoms with E-state index in [0.717, 1.165) is 22.2 Å². The quantitative estimate of drug-likeness (QED) is 0.540. The Morgan fingerprint density at radius 2 is 1.78 bits per heavy atom. The fourth-order valence-corrected chi connectivity index (χ4v) is 3.17. The minimum atomic E-state index is -0.282. The number of amides is 1. The van der Waals surface area contributed by atoms with E-state index in [4.69, 9.17) is 9.52 Å². The average molecular weight is 359 g/mol. The van der Waals surface area contributed by atoms with Gasteiger partial charge in [0.05, 0.1) is 28.4 Å². The van der Waals surface area contributed by atoms with Gasteiger partial charge in [-0.05, 0) is 45.0 Å². The topological polar surface area (TPSA) is 60.1 Å². The number of nitrogens with zero attached hydrogens (tertiary/aromatic N) is 2. The lowest BCUT2D eigenvalue weighted by Gasteiger charge is -2.20. The van der Waals surface area contributed by atoms with Crippen LogP contribution in [-0.2, 0) is 5.54 Å². The highest BCUT2D eigenvalue weighted by Crippen LogP contribution is 2.36. The second kappa shape index (κ2) is 6.43. The van der Waals surface area contributed by atoms with Crippen LogP contribution < -0.4 is 5.32 Å². The van der Waals surface area contributed by atoms with Crippen molar-refractivity contribution in [2.24, 2.45) is 0 Å².